The molecule has 0 aliphatic heterocycles. The van der Waals surface area contributed by atoms with Gasteiger partial charge in [-0.05, 0) is 47.2 Å². The highest BCUT2D eigenvalue weighted by atomic mass is 15.1. The molecule has 0 saturated heterocycles. The van der Waals surface area contributed by atoms with Crippen molar-refractivity contribution in [1.29, 1.82) is 0 Å². The molecule has 0 atom stereocenters. The Balaban J connectivity index is 1.28. The van der Waals surface area contributed by atoms with Crippen LogP contribution in [0.5, 0.6) is 0 Å². The predicted octanol–water partition coefficient (Wildman–Crippen LogP) is 10.6. The second kappa shape index (κ2) is 11.5. The smallest absolute Gasteiger partial charge is 0.164 e. The number of fused-ring (bicyclic) bond motifs is 2. The van der Waals surface area contributed by atoms with Crippen molar-refractivity contribution in [3.8, 4) is 34.2 Å². The molecule has 8 rings (SSSR count). The summed E-state index contributed by atoms with van der Waals surface area (Å²) < 4.78 is 0. The van der Waals surface area contributed by atoms with Gasteiger partial charge in [0.25, 0.3) is 0 Å². The lowest BCUT2D eigenvalue weighted by Crippen LogP contribution is -2.11. The standard InChI is InChI=1S/C41H28N4/c1-3-15-31(16-4-1)39-42-40(32-17-5-2-6-18-32)44-41(43-39)33-25-27-34(28-26-33)45(37-23-11-19-29-13-7-9-21-35(29)37)38-24-12-20-30-14-8-10-22-36(30)38/h1-28H. The fourth-order valence-electron chi connectivity index (χ4n) is 5.91. The maximum atomic E-state index is 4.94. The van der Waals surface area contributed by atoms with Gasteiger partial charge in [0.1, 0.15) is 0 Å². The fourth-order valence-corrected chi connectivity index (χ4v) is 5.91. The van der Waals surface area contributed by atoms with Crippen LogP contribution < -0.4 is 4.90 Å². The second-order valence-electron chi connectivity index (χ2n) is 10.9. The zero-order valence-corrected chi connectivity index (χ0v) is 24.5. The number of hydrogen-bond donors (Lipinski definition) is 0. The van der Waals surface area contributed by atoms with E-state index in [2.05, 4.69) is 114 Å². The van der Waals surface area contributed by atoms with Crippen molar-refractivity contribution in [3.05, 3.63) is 170 Å². The van der Waals surface area contributed by atoms with E-state index in [1.54, 1.807) is 0 Å². The minimum absolute atomic E-state index is 0.635. The molecule has 1 aromatic heterocycles. The highest BCUT2D eigenvalue weighted by Gasteiger charge is 2.18. The van der Waals surface area contributed by atoms with E-state index >= 15 is 0 Å². The lowest BCUT2D eigenvalue weighted by molar-refractivity contribution is 1.07. The number of nitrogens with zero attached hydrogens (tertiary/aromatic N) is 4. The number of rotatable bonds is 6. The molecule has 0 saturated carbocycles. The van der Waals surface area contributed by atoms with Crippen LogP contribution in [0.15, 0.2) is 170 Å². The van der Waals surface area contributed by atoms with Crippen LogP contribution in [0.4, 0.5) is 17.1 Å². The van der Waals surface area contributed by atoms with Crippen LogP contribution >= 0.6 is 0 Å². The van der Waals surface area contributed by atoms with E-state index in [9.17, 15) is 0 Å². The summed E-state index contributed by atoms with van der Waals surface area (Å²) in [5.74, 6) is 1.93. The molecule has 0 fully saturated rings. The van der Waals surface area contributed by atoms with Gasteiger partial charge in [-0.25, -0.2) is 15.0 Å². The van der Waals surface area contributed by atoms with Crippen molar-refractivity contribution in [2.24, 2.45) is 0 Å². The van der Waals surface area contributed by atoms with Crippen molar-refractivity contribution in [1.82, 2.24) is 15.0 Å². The van der Waals surface area contributed by atoms with E-state index in [-0.39, 0.29) is 0 Å². The van der Waals surface area contributed by atoms with E-state index in [0.717, 1.165) is 33.8 Å². The quantitative estimate of drug-likeness (QED) is 0.197. The first-order valence-corrected chi connectivity index (χ1v) is 15.0. The van der Waals surface area contributed by atoms with Crippen LogP contribution in [0.3, 0.4) is 0 Å². The van der Waals surface area contributed by atoms with E-state index in [1.807, 2.05) is 60.7 Å². The summed E-state index contributed by atoms with van der Waals surface area (Å²) in [6.45, 7) is 0. The Labute approximate surface area is 261 Å². The van der Waals surface area contributed by atoms with Crippen molar-refractivity contribution in [2.75, 3.05) is 4.90 Å². The highest BCUT2D eigenvalue weighted by Crippen LogP contribution is 2.42. The Morgan fingerprint density at radius 3 is 1.16 bits per heavy atom. The summed E-state index contributed by atoms with van der Waals surface area (Å²) in [5, 5.41) is 4.77. The molecule has 4 heteroatoms. The minimum Gasteiger partial charge on any atom is -0.309 e. The first-order chi connectivity index (χ1) is 22.3. The van der Waals surface area contributed by atoms with Crippen LogP contribution in [0.25, 0.3) is 55.7 Å². The van der Waals surface area contributed by atoms with Gasteiger partial charge in [0.15, 0.2) is 17.5 Å². The van der Waals surface area contributed by atoms with Crippen LogP contribution in [0.1, 0.15) is 0 Å². The molecule has 0 aliphatic carbocycles. The van der Waals surface area contributed by atoms with Gasteiger partial charge in [0.05, 0.1) is 11.4 Å². The molecule has 0 bridgehead atoms. The number of aromatic nitrogens is 3. The molecular formula is C41H28N4. The molecular weight excluding hydrogens is 548 g/mol. The SMILES string of the molecule is c1ccc(-c2nc(-c3ccccc3)nc(-c3ccc(N(c4cccc5ccccc45)c4cccc5ccccc45)cc3)n2)cc1. The maximum absolute atomic E-state index is 4.94. The summed E-state index contributed by atoms with van der Waals surface area (Å²) in [5.41, 5.74) is 6.12. The number of benzene rings is 7. The molecule has 1 heterocycles. The average molecular weight is 577 g/mol. The van der Waals surface area contributed by atoms with E-state index in [0.29, 0.717) is 17.5 Å². The third kappa shape index (κ3) is 5.09. The fraction of sp³-hybridized carbons (Fsp3) is 0. The molecule has 0 spiro atoms. The largest absolute Gasteiger partial charge is 0.309 e. The van der Waals surface area contributed by atoms with Crippen LogP contribution in [0, 0.1) is 0 Å². The maximum Gasteiger partial charge on any atom is 0.164 e. The van der Waals surface area contributed by atoms with Gasteiger partial charge < -0.3 is 4.90 Å². The zero-order valence-electron chi connectivity index (χ0n) is 24.5. The Morgan fingerprint density at radius 1 is 0.311 bits per heavy atom. The van der Waals surface area contributed by atoms with Crippen LogP contribution in [0.2, 0.25) is 0 Å². The molecule has 0 aliphatic rings. The lowest BCUT2D eigenvalue weighted by Gasteiger charge is -2.28. The van der Waals surface area contributed by atoms with E-state index < -0.39 is 0 Å². The third-order valence-electron chi connectivity index (χ3n) is 8.10. The Hall–Kier alpha value is -6.13. The second-order valence-corrected chi connectivity index (χ2v) is 10.9. The molecule has 0 unspecified atom stereocenters. The van der Waals surface area contributed by atoms with Crippen molar-refractivity contribution < 1.29 is 0 Å². The van der Waals surface area contributed by atoms with E-state index in [1.165, 1.54) is 21.5 Å². The molecule has 7 aromatic carbocycles. The van der Waals surface area contributed by atoms with Gasteiger partial charge in [0.2, 0.25) is 0 Å². The summed E-state index contributed by atoms with van der Waals surface area (Å²) in [4.78, 5) is 17.1. The van der Waals surface area contributed by atoms with Gasteiger partial charge in [-0.1, -0.05) is 133 Å². The lowest BCUT2D eigenvalue weighted by atomic mass is 10.0. The first-order valence-electron chi connectivity index (χ1n) is 15.0. The minimum atomic E-state index is 0.635. The molecule has 45 heavy (non-hydrogen) atoms. The first kappa shape index (κ1) is 26.5. The van der Waals surface area contributed by atoms with Gasteiger partial charge in [-0.3, -0.25) is 0 Å². The zero-order chi connectivity index (χ0) is 30.0. The summed E-state index contributed by atoms with van der Waals surface area (Å²) in [7, 11) is 0. The molecule has 0 N–H and O–H groups in total. The Kier molecular flexibility index (Phi) is 6.78. The highest BCUT2D eigenvalue weighted by molar-refractivity contribution is 6.04. The monoisotopic (exact) mass is 576 g/mol. The summed E-state index contributed by atoms with van der Waals surface area (Å²) in [6, 6.07) is 58.8. The molecule has 212 valence electrons. The van der Waals surface area contributed by atoms with Gasteiger partial charge in [-0.2, -0.15) is 0 Å². The van der Waals surface area contributed by atoms with Gasteiger partial charge >= 0.3 is 0 Å². The molecule has 0 radical (unpaired) electrons. The van der Waals surface area contributed by atoms with Crippen LogP contribution in [-0.2, 0) is 0 Å². The van der Waals surface area contributed by atoms with Crippen molar-refractivity contribution in [2.45, 2.75) is 0 Å². The van der Waals surface area contributed by atoms with Crippen molar-refractivity contribution in [3.63, 3.8) is 0 Å². The van der Waals surface area contributed by atoms with E-state index in [4.69, 9.17) is 15.0 Å². The van der Waals surface area contributed by atoms with Crippen molar-refractivity contribution >= 4 is 38.6 Å². The summed E-state index contributed by atoms with van der Waals surface area (Å²) >= 11 is 0. The van der Waals surface area contributed by atoms with Gasteiger partial charge in [0, 0.05) is 33.2 Å². The normalized spacial score (nSPS) is 11.1. The molecule has 0 amide bonds. The third-order valence-corrected chi connectivity index (χ3v) is 8.10. The average Bonchev–Trinajstić information content (AvgIpc) is 3.13. The predicted molar refractivity (Wildman–Crippen MR) is 186 cm³/mol. The molecule has 8 aromatic rings. The van der Waals surface area contributed by atoms with Gasteiger partial charge in [-0.15, -0.1) is 0 Å². The Bertz CT molecular complexity index is 2120. The van der Waals surface area contributed by atoms with Crippen LogP contribution in [-0.4, -0.2) is 15.0 Å². The number of hydrogen-bond acceptors (Lipinski definition) is 4. The topological polar surface area (TPSA) is 41.9 Å². The summed E-state index contributed by atoms with van der Waals surface area (Å²) in [6.07, 6.45) is 0. The molecule has 4 nitrogen and oxygen atoms in total. The Morgan fingerprint density at radius 2 is 0.689 bits per heavy atom. The number of anilines is 3.